The third-order valence-electron chi connectivity index (χ3n) is 4.99. The van der Waals surface area contributed by atoms with Crippen LogP contribution in [0.5, 0.6) is 0 Å². The number of allylic oxidation sites excluding steroid dienone is 3. The minimum absolute atomic E-state index is 0.134. The number of carbonyl (C=O) groups excluding carboxylic acids is 1. The first kappa shape index (κ1) is 25.0. The molecule has 0 aliphatic rings. The highest BCUT2D eigenvalue weighted by molar-refractivity contribution is 6.02. The van der Waals surface area contributed by atoms with Gasteiger partial charge in [-0.3, -0.25) is 9.79 Å². The van der Waals surface area contributed by atoms with Gasteiger partial charge in [0, 0.05) is 29.6 Å². The summed E-state index contributed by atoms with van der Waals surface area (Å²) in [5, 5.41) is 5.48. The number of aliphatic imine (C=N–C) groups is 1. The molecule has 0 bridgehead atoms. The lowest BCUT2D eigenvalue weighted by Crippen LogP contribution is -2.09. The maximum atomic E-state index is 12.4. The summed E-state index contributed by atoms with van der Waals surface area (Å²) in [7, 11) is 0. The van der Waals surface area contributed by atoms with Crippen molar-refractivity contribution in [3.05, 3.63) is 77.1 Å². The molecule has 0 aromatic heterocycles. The van der Waals surface area contributed by atoms with E-state index in [1.807, 2.05) is 45.9 Å². The minimum atomic E-state index is -2.59. The summed E-state index contributed by atoms with van der Waals surface area (Å²) < 4.78 is 24.8. The molecule has 2 rings (SSSR count). The van der Waals surface area contributed by atoms with Crippen molar-refractivity contribution in [3.8, 4) is 0 Å². The Hall–Kier alpha value is -3.28. The molecule has 2 aromatic rings. The number of nitrogens with one attached hydrogen (secondary N) is 2. The van der Waals surface area contributed by atoms with E-state index in [-0.39, 0.29) is 5.78 Å². The molecule has 0 heterocycles. The van der Waals surface area contributed by atoms with Crippen LogP contribution in [0.25, 0.3) is 5.57 Å². The van der Waals surface area contributed by atoms with E-state index in [0.29, 0.717) is 12.1 Å². The van der Waals surface area contributed by atoms with E-state index in [9.17, 15) is 13.6 Å². The zero-order valence-corrected chi connectivity index (χ0v) is 19.3. The molecule has 0 fully saturated rings. The molecule has 32 heavy (non-hydrogen) atoms. The van der Waals surface area contributed by atoms with Crippen molar-refractivity contribution in [2.24, 2.45) is 4.99 Å². The molecule has 2 N–H and O–H groups in total. The van der Waals surface area contributed by atoms with Gasteiger partial charge in [-0.05, 0) is 74.2 Å². The van der Waals surface area contributed by atoms with Crippen molar-refractivity contribution in [1.29, 1.82) is 0 Å². The van der Waals surface area contributed by atoms with Crippen molar-refractivity contribution in [3.63, 3.8) is 0 Å². The number of anilines is 2. The Kier molecular flexibility index (Phi) is 9.32. The number of aryl methyl sites for hydroxylation is 1. The van der Waals surface area contributed by atoms with Crippen molar-refractivity contribution >= 4 is 28.4 Å². The predicted octanol–water partition coefficient (Wildman–Crippen LogP) is 7.45. The molecule has 0 unspecified atom stereocenters. The van der Waals surface area contributed by atoms with Gasteiger partial charge in [0.25, 0.3) is 0 Å². The Morgan fingerprint density at radius 3 is 2.28 bits per heavy atom. The van der Waals surface area contributed by atoms with Gasteiger partial charge >= 0.3 is 6.55 Å². The second kappa shape index (κ2) is 11.9. The first-order valence-electron chi connectivity index (χ1n) is 10.7. The Bertz CT molecular complexity index is 1020. The Morgan fingerprint density at radius 1 is 1.06 bits per heavy atom. The molecule has 0 atom stereocenters. The second-order valence-corrected chi connectivity index (χ2v) is 7.51. The number of Topliss-reactive ketones (excluding diaryl/α,β-unsaturated/α-hetero) is 1. The second-order valence-electron chi connectivity index (χ2n) is 7.51. The molecule has 0 aliphatic carbocycles. The molecule has 0 spiro atoms. The number of hydrogen-bond donors (Lipinski definition) is 2. The highest BCUT2D eigenvalue weighted by Crippen LogP contribution is 2.20. The summed E-state index contributed by atoms with van der Waals surface area (Å²) in [6.07, 6.45) is 5.15. The lowest BCUT2D eigenvalue weighted by atomic mass is 10.0. The summed E-state index contributed by atoms with van der Waals surface area (Å²) >= 11 is 0. The van der Waals surface area contributed by atoms with E-state index in [4.69, 9.17) is 0 Å². The highest BCUT2D eigenvalue weighted by atomic mass is 19.3. The number of carbonyl (C=O) groups is 1. The number of hydrogen-bond acceptors (Lipinski definition) is 4. The predicted molar refractivity (Wildman–Crippen MR) is 131 cm³/mol. The first-order valence-corrected chi connectivity index (χ1v) is 10.7. The van der Waals surface area contributed by atoms with Crippen molar-refractivity contribution in [2.45, 2.75) is 54.0 Å². The number of halogens is 2. The Labute approximate surface area is 189 Å². The number of nitrogens with zero attached hydrogens (tertiary/aromatic N) is 1. The Morgan fingerprint density at radius 2 is 1.72 bits per heavy atom. The van der Waals surface area contributed by atoms with E-state index in [1.165, 1.54) is 0 Å². The zero-order chi connectivity index (χ0) is 23.7. The average Bonchev–Trinajstić information content (AvgIpc) is 2.76. The van der Waals surface area contributed by atoms with Crippen molar-refractivity contribution in [2.75, 3.05) is 10.6 Å². The molecule has 170 valence electrons. The van der Waals surface area contributed by atoms with Gasteiger partial charge in [0.15, 0.2) is 5.78 Å². The molecular formula is C26H31F2N3O. The van der Waals surface area contributed by atoms with Crippen LogP contribution in [0.1, 0.15) is 62.0 Å². The van der Waals surface area contributed by atoms with E-state index >= 15 is 0 Å². The molecule has 4 nitrogen and oxygen atoms in total. The first-order chi connectivity index (χ1) is 15.2. The van der Waals surface area contributed by atoms with Crippen LogP contribution in [0.4, 0.5) is 20.2 Å². The smallest absolute Gasteiger partial charge is 0.312 e. The van der Waals surface area contributed by atoms with Crippen LogP contribution in [0, 0.1) is 6.92 Å². The van der Waals surface area contributed by atoms with Crippen LogP contribution < -0.4 is 10.6 Å². The average molecular weight is 440 g/mol. The summed E-state index contributed by atoms with van der Waals surface area (Å²) in [6.45, 7) is 7.12. The van der Waals surface area contributed by atoms with Gasteiger partial charge in [-0.1, -0.05) is 32.1 Å². The summed E-state index contributed by atoms with van der Waals surface area (Å²) in [5.41, 5.74) is 6.48. The molecule has 0 saturated carbocycles. The number of ketones is 1. The van der Waals surface area contributed by atoms with Crippen LogP contribution >= 0.6 is 0 Å². The normalized spacial score (nSPS) is 12.8. The maximum Gasteiger partial charge on any atom is 0.312 e. The fraction of sp³-hybridized carbons (Fsp3) is 0.308. The number of rotatable bonds is 10. The molecule has 0 radical (unpaired) electrons. The van der Waals surface area contributed by atoms with Crippen LogP contribution in [-0.2, 0) is 0 Å². The van der Waals surface area contributed by atoms with Crippen LogP contribution in [0.2, 0.25) is 0 Å². The van der Waals surface area contributed by atoms with Crippen LogP contribution in [0.15, 0.2) is 65.4 Å². The van der Waals surface area contributed by atoms with Gasteiger partial charge in [0.05, 0.1) is 11.4 Å². The summed E-state index contributed by atoms with van der Waals surface area (Å²) in [6, 6.07) is 12.5. The third-order valence-corrected chi connectivity index (χ3v) is 4.99. The molecule has 0 saturated heterocycles. The molecule has 0 amide bonds. The summed E-state index contributed by atoms with van der Waals surface area (Å²) in [4.78, 5) is 16.6. The van der Waals surface area contributed by atoms with Gasteiger partial charge in [-0.25, -0.2) is 0 Å². The Balaban J connectivity index is 2.18. The van der Waals surface area contributed by atoms with E-state index in [2.05, 4.69) is 28.6 Å². The summed E-state index contributed by atoms with van der Waals surface area (Å²) in [5.74, 6) is 0.134. The quantitative estimate of drug-likeness (QED) is 0.230. The lowest BCUT2D eigenvalue weighted by molar-refractivity contribution is 0.0987. The minimum Gasteiger partial charge on any atom is -0.354 e. The standard InChI is InChI=1S/C26H31F2N3O/c1-6-8-24(30-22-13-14-23(17(3)15-22)25(32)7-2)19(5)29-16-18(4)20-9-11-21(12-10-20)31-26(27)28/h8-16,26,30-31H,6-7H2,1-5H3/b18-16+,24-8-,29-19+. The van der Waals surface area contributed by atoms with Gasteiger partial charge in [-0.15, -0.1) is 0 Å². The lowest BCUT2D eigenvalue weighted by Gasteiger charge is -2.13. The van der Waals surface area contributed by atoms with Gasteiger partial charge in [-0.2, -0.15) is 8.78 Å². The molecule has 6 heteroatoms. The maximum absolute atomic E-state index is 12.4. The zero-order valence-electron chi connectivity index (χ0n) is 19.3. The largest absolute Gasteiger partial charge is 0.354 e. The van der Waals surface area contributed by atoms with Crippen LogP contribution in [0.3, 0.4) is 0 Å². The highest BCUT2D eigenvalue weighted by Gasteiger charge is 2.09. The fourth-order valence-corrected chi connectivity index (χ4v) is 3.19. The van der Waals surface area contributed by atoms with Gasteiger partial charge in [0.2, 0.25) is 0 Å². The third kappa shape index (κ3) is 7.15. The SMILES string of the molecule is CC/C=C(Nc1ccc(C(=O)CC)c(C)c1)/C(C)=N/C=C(\C)c1ccc(NC(F)F)cc1. The number of benzene rings is 2. The molecular weight excluding hydrogens is 408 g/mol. The van der Waals surface area contributed by atoms with Crippen molar-refractivity contribution < 1.29 is 13.6 Å². The van der Waals surface area contributed by atoms with E-state index < -0.39 is 6.55 Å². The van der Waals surface area contributed by atoms with Crippen LogP contribution in [-0.4, -0.2) is 18.0 Å². The number of alkyl halides is 2. The van der Waals surface area contributed by atoms with Gasteiger partial charge < -0.3 is 10.6 Å². The van der Waals surface area contributed by atoms with Crippen molar-refractivity contribution in [1.82, 2.24) is 0 Å². The van der Waals surface area contributed by atoms with E-state index in [0.717, 1.165) is 45.8 Å². The monoisotopic (exact) mass is 439 g/mol. The molecule has 0 aliphatic heterocycles. The van der Waals surface area contributed by atoms with E-state index in [1.54, 1.807) is 30.5 Å². The van der Waals surface area contributed by atoms with Gasteiger partial charge in [0.1, 0.15) is 0 Å². The fourth-order valence-electron chi connectivity index (χ4n) is 3.19. The molecule has 2 aromatic carbocycles. The topological polar surface area (TPSA) is 53.5 Å².